The molecule has 1 saturated heterocycles. The third-order valence-corrected chi connectivity index (χ3v) is 6.20. The van der Waals surface area contributed by atoms with E-state index in [2.05, 4.69) is 22.8 Å². The topological polar surface area (TPSA) is 114 Å². The van der Waals surface area contributed by atoms with E-state index in [0.29, 0.717) is 12.8 Å². The second-order valence-corrected chi connectivity index (χ2v) is 8.95. The predicted molar refractivity (Wildman–Crippen MR) is 121 cm³/mol. The zero-order valence-corrected chi connectivity index (χ0v) is 18.7. The number of ether oxygens (including phenoxy) is 2. The molecule has 2 atom stereocenters. The van der Waals surface area contributed by atoms with Gasteiger partial charge in [-0.25, -0.2) is 9.59 Å². The molecule has 0 bridgehead atoms. The van der Waals surface area contributed by atoms with Crippen LogP contribution in [0.1, 0.15) is 43.7 Å². The van der Waals surface area contributed by atoms with E-state index in [9.17, 15) is 14.4 Å². The lowest BCUT2D eigenvalue weighted by atomic mass is 9.98. The van der Waals surface area contributed by atoms with Crippen molar-refractivity contribution in [2.45, 2.75) is 50.4 Å². The van der Waals surface area contributed by atoms with Crippen molar-refractivity contribution in [3.63, 3.8) is 0 Å². The van der Waals surface area contributed by atoms with Crippen LogP contribution in [0, 0.1) is 0 Å². The van der Waals surface area contributed by atoms with Crippen molar-refractivity contribution in [1.82, 2.24) is 10.6 Å². The van der Waals surface area contributed by atoms with Gasteiger partial charge in [-0.05, 0) is 48.9 Å². The highest BCUT2D eigenvalue weighted by molar-refractivity contribution is 5.89. The highest BCUT2D eigenvalue weighted by atomic mass is 16.5. The lowest BCUT2D eigenvalue weighted by molar-refractivity contribution is -0.149. The smallest absolute Gasteiger partial charge is 0.408 e. The Kier molecular flexibility index (Phi) is 6.37. The average molecular weight is 453 g/mol. The molecule has 4 rings (SSSR count). The molecule has 174 valence electrons. The molecule has 1 heterocycles. The number of carboxylic acids is 1. The number of hydrogen-bond donors (Lipinski definition) is 3. The van der Waals surface area contributed by atoms with Gasteiger partial charge in [-0.3, -0.25) is 4.79 Å². The summed E-state index contributed by atoms with van der Waals surface area (Å²) in [6, 6.07) is 16.1. The molecule has 2 unspecified atom stereocenters. The third-order valence-electron chi connectivity index (χ3n) is 6.20. The van der Waals surface area contributed by atoms with E-state index in [0.717, 1.165) is 22.3 Å². The summed E-state index contributed by atoms with van der Waals surface area (Å²) in [4.78, 5) is 36.1. The number of alkyl carbamates (subject to hydrolysis) is 1. The molecule has 33 heavy (non-hydrogen) atoms. The summed E-state index contributed by atoms with van der Waals surface area (Å²) >= 11 is 0. The van der Waals surface area contributed by atoms with Gasteiger partial charge in [0.25, 0.3) is 0 Å². The Morgan fingerprint density at radius 1 is 1.03 bits per heavy atom. The van der Waals surface area contributed by atoms with Gasteiger partial charge in [-0.1, -0.05) is 48.5 Å². The van der Waals surface area contributed by atoms with Gasteiger partial charge in [0.15, 0.2) is 6.10 Å². The molecule has 2 aliphatic rings. The first kappa shape index (κ1) is 22.8. The number of nitrogens with one attached hydrogen (secondary N) is 2. The molecule has 1 aliphatic carbocycles. The molecule has 1 aliphatic heterocycles. The van der Waals surface area contributed by atoms with Crippen molar-refractivity contribution >= 4 is 18.0 Å². The fraction of sp³-hybridized carbons (Fsp3) is 0.400. The quantitative estimate of drug-likeness (QED) is 0.595. The van der Waals surface area contributed by atoms with Crippen LogP contribution in [0.2, 0.25) is 0 Å². The van der Waals surface area contributed by atoms with Gasteiger partial charge < -0.3 is 25.2 Å². The number of hydrogen-bond acceptors (Lipinski definition) is 5. The zero-order chi connectivity index (χ0) is 23.6. The van der Waals surface area contributed by atoms with Crippen LogP contribution >= 0.6 is 0 Å². The number of rotatable bonds is 7. The van der Waals surface area contributed by atoms with Gasteiger partial charge in [0.05, 0.1) is 6.10 Å². The lowest BCUT2D eigenvalue weighted by Gasteiger charge is -2.26. The van der Waals surface area contributed by atoms with Crippen LogP contribution in [0.3, 0.4) is 0 Å². The summed E-state index contributed by atoms with van der Waals surface area (Å²) < 4.78 is 10.9. The van der Waals surface area contributed by atoms with Gasteiger partial charge in [0.1, 0.15) is 12.1 Å². The summed E-state index contributed by atoms with van der Waals surface area (Å²) in [5, 5.41) is 14.3. The predicted octanol–water partition coefficient (Wildman–Crippen LogP) is 3.05. The first-order valence-electron chi connectivity index (χ1n) is 11.1. The minimum atomic E-state index is -1.21. The fourth-order valence-corrected chi connectivity index (χ4v) is 4.41. The molecule has 8 heteroatoms. The SMILES string of the molecule is CC(C)(NC(=O)OCC1c2ccccc2-c2ccccc21)C(=O)NCC1CCC(C(=O)O)O1. The molecule has 2 amide bonds. The Morgan fingerprint density at radius 3 is 2.21 bits per heavy atom. The first-order valence-corrected chi connectivity index (χ1v) is 11.1. The molecule has 1 fully saturated rings. The number of carbonyl (C=O) groups excluding carboxylic acids is 2. The molecule has 0 saturated carbocycles. The number of aliphatic carboxylic acids is 1. The van der Waals surface area contributed by atoms with E-state index in [-0.39, 0.29) is 25.2 Å². The summed E-state index contributed by atoms with van der Waals surface area (Å²) in [6.45, 7) is 3.50. The summed E-state index contributed by atoms with van der Waals surface area (Å²) in [5.41, 5.74) is 3.29. The van der Waals surface area contributed by atoms with Crippen LogP contribution in [0.5, 0.6) is 0 Å². The average Bonchev–Trinajstić information content (AvgIpc) is 3.39. The van der Waals surface area contributed by atoms with E-state index in [1.54, 1.807) is 13.8 Å². The summed E-state index contributed by atoms with van der Waals surface area (Å²) in [5.74, 6) is -1.47. The van der Waals surface area contributed by atoms with Crippen LogP contribution in [-0.2, 0) is 19.1 Å². The van der Waals surface area contributed by atoms with E-state index in [1.165, 1.54) is 0 Å². The molecule has 0 aromatic heterocycles. The Morgan fingerprint density at radius 2 is 1.64 bits per heavy atom. The maximum Gasteiger partial charge on any atom is 0.408 e. The minimum absolute atomic E-state index is 0.0678. The van der Waals surface area contributed by atoms with Crippen molar-refractivity contribution in [2.75, 3.05) is 13.2 Å². The maximum atomic E-state index is 12.6. The van der Waals surface area contributed by atoms with Crippen LogP contribution in [0.15, 0.2) is 48.5 Å². The summed E-state index contributed by atoms with van der Waals surface area (Å²) in [7, 11) is 0. The maximum absolute atomic E-state index is 12.6. The van der Waals surface area contributed by atoms with Gasteiger partial charge >= 0.3 is 12.1 Å². The van der Waals surface area contributed by atoms with Crippen molar-refractivity contribution in [3.8, 4) is 11.1 Å². The molecular weight excluding hydrogens is 424 g/mol. The Labute approximate surface area is 192 Å². The standard InChI is InChI=1S/C25H28N2O6/c1-25(2,23(30)26-13-15-11-12-21(33-15)22(28)29)27-24(31)32-14-20-18-9-5-3-7-16(18)17-8-4-6-10-19(17)20/h3-10,15,20-21H,11-14H2,1-2H3,(H,26,30)(H,27,31)(H,28,29). The van der Waals surface area contributed by atoms with E-state index in [1.807, 2.05) is 36.4 Å². The van der Waals surface area contributed by atoms with Gasteiger partial charge in [-0.15, -0.1) is 0 Å². The largest absolute Gasteiger partial charge is 0.479 e. The third kappa shape index (κ3) is 4.85. The molecule has 0 radical (unpaired) electrons. The van der Waals surface area contributed by atoms with Gasteiger partial charge in [-0.2, -0.15) is 0 Å². The molecular formula is C25H28N2O6. The van der Waals surface area contributed by atoms with Crippen molar-refractivity contribution in [2.24, 2.45) is 0 Å². The fourth-order valence-electron chi connectivity index (χ4n) is 4.41. The molecule has 3 N–H and O–H groups in total. The zero-order valence-electron chi connectivity index (χ0n) is 18.7. The molecule has 2 aromatic rings. The first-order chi connectivity index (χ1) is 15.8. The van der Waals surface area contributed by atoms with Crippen LogP contribution in [0.25, 0.3) is 11.1 Å². The number of fused-ring (bicyclic) bond motifs is 3. The van der Waals surface area contributed by atoms with E-state index in [4.69, 9.17) is 14.6 Å². The van der Waals surface area contributed by atoms with Crippen molar-refractivity contribution in [3.05, 3.63) is 59.7 Å². The number of benzene rings is 2. The monoisotopic (exact) mass is 452 g/mol. The van der Waals surface area contributed by atoms with Crippen LogP contribution in [-0.4, -0.2) is 54.0 Å². The molecule has 2 aromatic carbocycles. The van der Waals surface area contributed by atoms with Crippen LogP contribution < -0.4 is 10.6 Å². The van der Waals surface area contributed by atoms with Crippen molar-refractivity contribution < 1.29 is 29.0 Å². The highest BCUT2D eigenvalue weighted by Gasteiger charge is 2.34. The number of carboxylic acid groups (broad SMARTS) is 1. The number of carbonyl (C=O) groups is 3. The lowest BCUT2D eigenvalue weighted by Crippen LogP contribution is -2.55. The minimum Gasteiger partial charge on any atom is -0.479 e. The Hall–Kier alpha value is -3.39. The van der Waals surface area contributed by atoms with Gasteiger partial charge in [0, 0.05) is 12.5 Å². The van der Waals surface area contributed by atoms with Gasteiger partial charge in [0.2, 0.25) is 5.91 Å². The van der Waals surface area contributed by atoms with E-state index >= 15 is 0 Å². The summed E-state index contributed by atoms with van der Waals surface area (Å²) in [6.07, 6.45) is -0.909. The highest BCUT2D eigenvalue weighted by Crippen LogP contribution is 2.44. The van der Waals surface area contributed by atoms with Crippen LogP contribution in [0.4, 0.5) is 4.79 Å². The second kappa shape index (κ2) is 9.23. The molecule has 0 spiro atoms. The Bertz CT molecular complexity index is 1020. The second-order valence-electron chi connectivity index (χ2n) is 8.95. The molecule has 8 nitrogen and oxygen atoms in total. The Balaban J connectivity index is 1.30. The normalized spacial score (nSPS) is 19.5. The van der Waals surface area contributed by atoms with Crippen molar-refractivity contribution in [1.29, 1.82) is 0 Å². The van der Waals surface area contributed by atoms with E-state index < -0.39 is 29.6 Å². The number of amides is 2.